The Balaban J connectivity index is 2.91. The predicted octanol–water partition coefficient (Wildman–Crippen LogP) is 2.88. The lowest BCUT2D eigenvalue weighted by Crippen LogP contribution is -1.73. The van der Waals surface area contributed by atoms with Crippen LogP contribution in [0.15, 0.2) is 41.4 Å². The third kappa shape index (κ3) is 1.16. The molecule has 64 valence electrons. The van der Waals surface area contributed by atoms with Crippen molar-refractivity contribution >= 4 is 23.2 Å². The van der Waals surface area contributed by atoms with Gasteiger partial charge in [-0.1, -0.05) is 30.3 Å². The van der Waals surface area contributed by atoms with Gasteiger partial charge in [-0.05, 0) is 18.2 Å². The van der Waals surface area contributed by atoms with E-state index in [0.717, 1.165) is 10.8 Å². The van der Waals surface area contributed by atoms with Crippen molar-refractivity contribution < 1.29 is 5.11 Å². The lowest BCUT2D eigenvalue weighted by atomic mass is 10.1. The van der Waals surface area contributed by atoms with Gasteiger partial charge in [0.05, 0.1) is 0 Å². The van der Waals surface area contributed by atoms with Crippen molar-refractivity contribution in [2.75, 3.05) is 0 Å². The molecule has 0 aliphatic carbocycles. The van der Waals surface area contributed by atoms with Crippen molar-refractivity contribution in [3.8, 4) is 5.75 Å². The summed E-state index contributed by atoms with van der Waals surface area (Å²) < 4.78 is 0. The van der Waals surface area contributed by atoms with Crippen LogP contribution in [0.3, 0.4) is 0 Å². The van der Waals surface area contributed by atoms with E-state index in [1.54, 1.807) is 6.07 Å². The van der Waals surface area contributed by atoms with Crippen LogP contribution in [0.2, 0.25) is 0 Å². The molecule has 0 atom stereocenters. The molecule has 0 heterocycles. The van der Waals surface area contributed by atoms with E-state index in [1.807, 2.05) is 30.3 Å². The smallest absolute Gasteiger partial charge is 0.141 e. The van der Waals surface area contributed by atoms with Gasteiger partial charge in [-0.2, -0.15) is 0 Å². The lowest BCUT2D eigenvalue weighted by molar-refractivity contribution is 0.478. The van der Waals surface area contributed by atoms with Crippen LogP contribution in [-0.4, -0.2) is 11.8 Å². The van der Waals surface area contributed by atoms with Gasteiger partial charge in [-0.25, -0.2) is 0 Å². The second-order valence-electron chi connectivity index (χ2n) is 2.81. The summed E-state index contributed by atoms with van der Waals surface area (Å²) in [5.41, 5.74) is 0.554. The largest absolute Gasteiger partial charge is 0.506 e. The van der Waals surface area contributed by atoms with Crippen molar-refractivity contribution in [2.45, 2.75) is 0 Å². The highest BCUT2D eigenvalue weighted by molar-refractivity contribution is 5.95. The number of phenols is 1. The fourth-order valence-corrected chi connectivity index (χ4v) is 1.41. The summed E-state index contributed by atoms with van der Waals surface area (Å²) >= 11 is 0. The number of rotatable bonds is 1. The Morgan fingerprint density at radius 1 is 1.08 bits per heavy atom. The zero-order chi connectivity index (χ0) is 9.26. The molecule has 13 heavy (non-hydrogen) atoms. The molecule has 2 nitrogen and oxygen atoms in total. The number of benzene rings is 2. The molecule has 0 amide bonds. The van der Waals surface area contributed by atoms with E-state index in [-0.39, 0.29) is 5.75 Å². The first-order valence-electron chi connectivity index (χ1n) is 4.00. The first-order valence-corrected chi connectivity index (χ1v) is 4.00. The monoisotopic (exact) mass is 171 g/mol. The van der Waals surface area contributed by atoms with Crippen molar-refractivity contribution in [1.29, 1.82) is 0 Å². The average molecular weight is 171 g/mol. The zero-order valence-electron chi connectivity index (χ0n) is 7.07. The molecular formula is C11H9NO. The van der Waals surface area contributed by atoms with Crippen LogP contribution in [0.1, 0.15) is 0 Å². The van der Waals surface area contributed by atoms with Gasteiger partial charge in [0, 0.05) is 5.39 Å². The van der Waals surface area contributed by atoms with Gasteiger partial charge in [0.1, 0.15) is 11.4 Å². The number of nitrogens with zero attached hydrogens (tertiary/aromatic N) is 1. The molecule has 0 bridgehead atoms. The first kappa shape index (κ1) is 7.80. The third-order valence-corrected chi connectivity index (χ3v) is 2.04. The fraction of sp³-hybridized carbons (Fsp3) is 0. The van der Waals surface area contributed by atoms with Gasteiger partial charge in [0.25, 0.3) is 0 Å². The minimum absolute atomic E-state index is 0.175. The molecule has 0 unspecified atom stereocenters. The number of phenolic OH excluding ortho intramolecular Hbond substituents is 1. The van der Waals surface area contributed by atoms with Crippen LogP contribution in [0.4, 0.5) is 5.69 Å². The van der Waals surface area contributed by atoms with E-state index in [1.165, 1.54) is 0 Å². The highest BCUT2D eigenvalue weighted by atomic mass is 16.3. The molecule has 0 fully saturated rings. The van der Waals surface area contributed by atoms with Crippen molar-refractivity contribution in [3.05, 3.63) is 36.4 Å². The minimum Gasteiger partial charge on any atom is -0.506 e. The summed E-state index contributed by atoms with van der Waals surface area (Å²) in [4.78, 5) is 3.80. The van der Waals surface area contributed by atoms with E-state index in [4.69, 9.17) is 0 Å². The van der Waals surface area contributed by atoms with Crippen LogP contribution in [0.5, 0.6) is 5.75 Å². The second kappa shape index (κ2) is 2.90. The summed E-state index contributed by atoms with van der Waals surface area (Å²) in [5, 5.41) is 11.5. The summed E-state index contributed by atoms with van der Waals surface area (Å²) in [6.07, 6.45) is 0. The van der Waals surface area contributed by atoms with Gasteiger partial charge in [-0.3, -0.25) is 4.99 Å². The van der Waals surface area contributed by atoms with Crippen LogP contribution >= 0.6 is 0 Å². The fourth-order valence-electron chi connectivity index (χ4n) is 1.41. The van der Waals surface area contributed by atoms with E-state index in [0.29, 0.717) is 5.69 Å². The maximum atomic E-state index is 9.47. The van der Waals surface area contributed by atoms with E-state index in [2.05, 4.69) is 11.7 Å². The Labute approximate surface area is 76.2 Å². The molecule has 2 rings (SSSR count). The quantitative estimate of drug-likeness (QED) is 0.657. The van der Waals surface area contributed by atoms with Gasteiger partial charge >= 0.3 is 0 Å². The summed E-state index contributed by atoms with van der Waals surface area (Å²) in [6, 6.07) is 11.2. The van der Waals surface area contributed by atoms with Gasteiger partial charge in [0.15, 0.2) is 0 Å². The van der Waals surface area contributed by atoms with Crippen molar-refractivity contribution in [2.24, 2.45) is 4.99 Å². The van der Waals surface area contributed by atoms with E-state index < -0.39 is 0 Å². The molecule has 0 radical (unpaired) electrons. The Morgan fingerprint density at radius 2 is 1.85 bits per heavy atom. The molecule has 0 saturated heterocycles. The van der Waals surface area contributed by atoms with E-state index >= 15 is 0 Å². The maximum Gasteiger partial charge on any atom is 0.141 e. The summed E-state index contributed by atoms with van der Waals surface area (Å²) in [6.45, 7) is 3.43. The maximum absolute atomic E-state index is 9.47. The standard InChI is InChI=1S/C11H9NO/c1-12-11-9-5-3-2-4-8(9)6-7-10(11)13/h2-7,13H,1H2. The van der Waals surface area contributed by atoms with Crippen molar-refractivity contribution in [1.82, 2.24) is 0 Å². The molecule has 0 aliphatic rings. The van der Waals surface area contributed by atoms with Crippen LogP contribution in [-0.2, 0) is 0 Å². The second-order valence-corrected chi connectivity index (χ2v) is 2.81. The molecule has 2 aromatic carbocycles. The molecule has 0 saturated carbocycles. The number of aliphatic imine (C=N–C) groups is 1. The molecule has 0 aliphatic heterocycles. The molecule has 2 heteroatoms. The Morgan fingerprint density at radius 3 is 2.62 bits per heavy atom. The number of hydrogen-bond donors (Lipinski definition) is 1. The average Bonchev–Trinajstić information content (AvgIpc) is 2.18. The zero-order valence-corrected chi connectivity index (χ0v) is 7.07. The van der Waals surface area contributed by atoms with Gasteiger partial charge in [-0.15, -0.1) is 0 Å². The lowest BCUT2D eigenvalue weighted by Gasteiger charge is -2.02. The SMILES string of the molecule is C=Nc1c(O)ccc2ccccc12. The molecule has 1 N–H and O–H groups in total. The van der Waals surface area contributed by atoms with Crippen molar-refractivity contribution in [3.63, 3.8) is 0 Å². The predicted molar refractivity (Wildman–Crippen MR) is 54.8 cm³/mol. The van der Waals surface area contributed by atoms with Crippen LogP contribution < -0.4 is 0 Å². The third-order valence-electron chi connectivity index (χ3n) is 2.04. The molecule has 0 spiro atoms. The van der Waals surface area contributed by atoms with Gasteiger partial charge < -0.3 is 5.11 Å². The number of fused-ring (bicyclic) bond motifs is 1. The Hall–Kier alpha value is -1.83. The highest BCUT2D eigenvalue weighted by Gasteiger charge is 2.02. The highest BCUT2D eigenvalue weighted by Crippen LogP contribution is 2.33. The number of aromatic hydroxyl groups is 1. The molecule has 2 aromatic rings. The first-order chi connectivity index (χ1) is 6.33. The van der Waals surface area contributed by atoms with Gasteiger partial charge in [0.2, 0.25) is 0 Å². The minimum atomic E-state index is 0.175. The van der Waals surface area contributed by atoms with Crippen LogP contribution in [0.25, 0.3) is 10.8 Å². The summed E-state index contributed by atoms with van der Waals surface area (Å²) in [7, 11) is 0. The Bertz CT molecular complexity index is 463. The number of hydrogen-bond acceptors (Lipinski definition) is 2. The molecule has 0 aromatic heterocycles. The van der Waals surface area contributed by atoms with E-state index in [9.17, 15) is 5.11 Å². The summed E-state index contributed by atoms with van der Waals surface area (Å²) in [5.74, 6) is 0.175. The topological polar surface area (TPSA) is 32.6 Å². The Kier molecular flexibility index (Phi) is 1.74. The normalized spacial score (nSPS) is 10.2. The molecular weight excluding hydrogens is 162 g/mol. The van der Waals surface area contributed by atoms with Crippen LogP contribution in [0, 0.1) is 0 Å².